The highest BCUT2D eigenvalue weighted by Gasteiger charge is 2.15. The summed E-state index contributed by atoms with van der Waals surface area (Å²) < 4.78 is 6.31. The van der Waals surface area contributed by atoms with E-state index in [2.05, 4.69) is 56.3 Å². The van der Waals surface area contributed by atoms with Crippen LogP contribution < -0.4 is 5.43 Å². The fraction of sp³-hybridized carbons (Fsp3) is 0.0690. The fourth-order valence-corrected chi connectivity index (χ4v) is 4.07. The van der Waals surface area contributed by atoms with Crippen LogP contribution in [-0.4, -0.2) is 0 Å². The van der Waals surface area contributed by atoms with Gasteiger partial charge in [0.1, 0.15) is 11.3 Å². The SMILES string of the molecule is Cc1cccc(-c2cc(-c3cccc(C)c3)c3c(=O)cc(-c4ccccc4)oc3c2)c1. The summed E-state index contributed by atoms with van der Waals surface area (Å²) in [5, 5.41) is 0.613. The molecular weight excluding hydrogens is 380 g/mol. The van der Waals surface area contributed by atoms with Crippen LogP contribution in [0.25, 0.3) is 44.5 Å². The minimum absolute atomic E-state index is 0.0348. The Hall–Kier alpha value is -3.91. The number of hydrogen-bond acceptors (Lipinski definition) is 2. The van der Waals surface area contributed by atoms with E-state index in [1.165, 1.54) is 5.56 Å². The van der Waals surface area contributed by atoms with Gasteiger partial charge in [0, 0.05) is 11.6 Å². The van der Waals surface area contributed by atoms with E-state index in [-0.39, 0.29) is 5.43 Å². The zero-order valence-corrected chi connectivity index (χ0v) is 17.6. The van der Waals surface area contributed by atoms with E-state index in [0.29, 0.717) is 16.7 Å². The highest BCUT2D eigenvalue weighted by atomic mass is 16.3. The third-order valence-electron chi connectivity index (χ3n) is 5.57. The largest absolute Gasteiger partial charge is 0.456 e. The Bertz CT molecular complexity index is 1460. The van der Waals surface area contributed by atoms with Gasteiger partial charge in [0.05, 0.1) is 5.39 Å². The predicted octanol–water partition coefficient (Wildman–Crippen LogP) is 7.41. The smallest absolute Gasteiger partial charge is 0.193 e. The van der Waals surface area contributed by atoms with Crippen molar-refractivity contribution in [3.8, 4) is 33.6 Å². The maximum absolute atomic E-state index is 13.3. The summed E-state index contributed by atoms with van der Waals surface area (Å²) in [4.78, 5) is 13.3. The molecule has 0 unspecified atom stereocenters. The molecule has 2 nitrogen and oxygen atoms in total. The van der Waals surface area contributed by atoms with Gasteiger partial charge in [0.15, 0.2) is 5.43 Å². The molecule has 0 N–H and O–H groups in total. The minimum Gasteiger partial charge on any atom is -0.456 e. The molecule has 0 saturated heterocycles. The second kappa shape index (κ2) is 7.73. The average Bonchev–Trinajstić information content (AvgIpc) is 2.79. The molecule has 4 aromatic carbocycles. The zero-order chi connectivity index (χ0) is 21.4. The molecule has 1 heterocycles. The van der Waals surface area contributed by atoms with Gasteiger partial charge in [-0.15, -0.1) is 0 Å². The number of hydrogen-bond donors (Lipinski definition) is 0. The van der Waals surface area contributed by atoms with Gasteiger partial charge in [-0.1, -0.05) is 90.0 Å². The first-order valence-electron chi connectivity index (χ1n) is 10.4. The molecule has 31 heavy (non-hydrogen) atoms. The Kier molecular flexibility index (Phi) is 4.76. The summed E-state index contributed by atoms with van der Waals surface area (Å²) in [5.74, 6) is 0.578. The molecule has 0 spiro atoms. The lowest BCUT2D eigenvalue weighted by Crippen LogP contribution is -2.03. The first kappa shape index (κ1) is 19.1. The van der Waals surface area contributed by atoms with Gasteiger partial charge in [-0.2, -0.15) is 0 Å². The highest BCUT2D eigenvalue weighted by Crippen LogP contribution is 2.35. The Labute approximate surface area is 181 Å². The molecule has 150 valence electrons. The van der Waals surface area contributed by atoms with Crippen molar-refractivity contribution in [2.75, 3.05) is 0 Å². The van der Waals surface area contributed by atoms with E-state index >= 15 is 0 Å². The third kappa shape index (κ3) is 3.69. The molecule has 0 radical (unpaired) electrons. The van der Waals surface area contributed by atoms with Gasteiger partial charge in [0.2, 0.25) is 0 Å². The summed E-state index contributed by atoms with van der Waals surface area (Å²) in [5.41, 5.74) is 7.83. The van der Waals surface area contributed by atoms with Crippen LogP contribution in [0.5, 0.6) is 0 Å². The second-order valence-electron chi connectivity index (χ2n) is 7.98. The van der Waals surface area contributed by atoms with E-state index in [0.717, 1.165) is 33.4 Å². The van der Waals surface area contributed by atoms with Crippen LogP contribution in [-0.2, 0) is 0 Å². The van der Waals surface area contributed by atoms with Gasteiger partial charge >= 0.3 is 0 Å². The molecule has 5 aromatic rings. The molecule has 1 aromatic heterocycles. The number of rotatable bonds is 3. The maximum Gasteiger partial charge on any atom is 0.193 e. The Morgan fingerprint density at radius 3 is 1.94 bits per heavy atom. The lowest BCUT2D eigenvalue weighted by molar-refractivity contribution is 0.619. The summed E-state index contributed by atoms with van der Waals surface area (Å²) in [7, 11) is 0. The van der Waals surface area contributed by atoms with E-state index in [4.69, 9.17) is 4.42 Å². The molecule has 0 atom stereocenters. The molecule has 0 bridgehead atoms. The monoisotopic (exact) mass is 402 g/mol. The van der Waals surface area contributed by atoms with E-state index in [9.17, 15) is 4.79 Å². The summed E-state index contributed by atoms with van der Waals surface area (Å²) in [6.07, 6.45) is 0. The fourth-order valence-electron chi connectivity index (χ4n) is 4.07. The van der Waals surface area contributed by atoms with Crippen LogP contribution in [0.4, 0.5) is 0 Å². The summed E-state index contributed by atoms with van der Waals surface area (Å²) >= 11 is 0. The van der Waals surface area contributed by atoms with Crippen LogP contribution in [0.15, 0.2) is 106 Å². The van der Waals surface area contributed by atoms with Gasteiger partial charge in [-0.25, -0.2) is 0 Å². The van der Waals surface area contributed by atoms with Crippen molar-refractivity contribution in [3.63, 3.8) is 0 Å². The number of aryl methyl sites for hydroxylation is 2. The van der Waals surface area contributed by atoms with Crippen LogP contribution in [0.2, 0.25) is 0 Å². The Morgan fingerprint density at radius 2 is 1.23 bits per heavy atom. The van der Waals surface area contributed by atoms with Crippen molar-refractivity contribution in [1.82, 2.24) is 0 Å². The topological polar surface area (TPSA) is 30.2 Å². The van der Waals surface area contributed by atoms with Gasteiger partial charge in [-0.3, -0.25) is 4.79 Å². The molecule has 0 amide bonds. The predicted molar refractivity (Wildman–Crippen MR) is 128 cm³/mol. The highest BCUT2D eigenvalue weighted by molar-refractivity contribution is 5.98. The van der Waals surface area contributed by atoms with Crippen LogP contribution in [0.3, 0.4) is 0 Å². The van der Waals surface area contributed by atoms with Crippen molar-refractivity contribution in [2.24, 2.45) is 0 Å². The minimum atomic E-state index is -0.0348. The van der Waals surface area contributed by atoms with Crippen molar-refractivity contribution in [2.45, 2.75) is 13.8 Å². The van der Waals surface area contributed by atoms with Gasteiger partial charge in [-0.05, 0) is 48.2 Å². The van der Waals surface area contributed by atoms with Crippen LogP contribution >= 0.6 is 0 Å². The van der Waals surface area contributed by atoms with E-state index in [1.54, 1.807) is 6.07 Å². The van der Waals surface area contributed by atoms with Crippen molar-refractivity contribution >= 4 is 11.0 Å². The normalized spacial score (nSPS) is 11.0. The molecule has 0 aliphatic carbocycles. The molecule has 2 heteroatoms. The lowest BCUT2D eigenvalue weighted by atomic mass is 9.94. The van der Waals surface area contributed by atoms with Crippen molar-refractivity contribution in [3.05, 3.63) is 118 Å². The van der Waals surface area contributed by atoms with Crippen molar-refractivity contribution < 1.29 is 4.42 Å². The Balaban J connectivity index is 1.84. The molecule has 0 aliphatic rings. The van der Waals surface area contributed by atoms with E-state index < -0.39 is 0 Å². The quantitative estimate of drug-likeness (QED) is 0.314. The maximum atomic E-state index is 13.3. The van der Waals surface area contributed by atoms with Gasteiger partial charge in [0.25, 0.3) is 0 Å². The summed E-state index contributed by atoms with van der Waals surface area (Å²) in [6.45, 7) is 4.14. The first-order chi connectivity index (χ1) is 15.1. The van der Waals surface area contributed by atoms with E-state index in [1.807, 2.05) is 48.5 Å². The zero-order valence-electron chi connectivity index (χ0n) is 17.6. The first-order valence-corrected chi connectivity index (χ1v) is 10.4. The molecular formula is C29H22O2. The van der Waals surface area contributed by atoms with Crippen molar-refractivity contribution in [1.29, 1.82) is 0 Å². The third-order valence-corrected chi connectivity index (χ3v) is 5.57. The Morgan fingerprint density at radius 1 is 0.581 bits per heavy atom. The lowest BCUT2D eigenvalue weighted by Gasteiger charge is -2.12. The number of benzene rings is 4. The molecule has 5 rings (SSSR count). The average molecular weight is 402 g/mol. The van der Waals surface area contributed by atoms with Gasteiger partial charge < -0.3 is 4.42 Å². The number of fused-ring (bicyclic) bond motifs is 1. The summed E-state index contributed by atoms with van der Waals surface area (Å²) in [6, 6.07) is 32.1. The second-order valence-corrected chi connectivity index (χ2v) is 7.98. The molecule has 0 aliphatic heterocycles. The van der Waals surface area contributed by atoms with Crippen LogP contribution in [0, 0.1) is 13.8 Å². The van der Waals surface area contributed by atoms with Crippen LogP contribution in [0.1, 0.15) is 11.1 Å². The molecule has 0 saturated carbocycles. The molecule has 0 fully saturated rings. The standard InChI is InChI=1S/C29H22O2/c1-19-8-6-12-22(14-19)24-16-25(23-13-7-9-20(2)15-23)29-26(30)18-27(31-28(29)17-24)21-10-4-3-5-11-21/h3-18H,1-2H3.